The van der Waals surface area contributed by atoms with Gasteiger partial charge in [-0.05, 0) is 13.0 Å². The van der Waals surface area contributed by atoms with Crippen LogP contribution in [0.25, 0.3) is 0 Å². The van der Waals surface area contributed by atoms with Gasteiger partial charge in [-0.2, -0.15) is 13.2 Å². The summed E-state index contributed by atoms with van der Waals surface area (Å²) in [5.74, 6) is -2.71. The van der Waals surface area contributed by atoms with E-state index in [4.69, 9.17) is 5.73 Å². The molecule has 92 valence electrons. The molecule has 1 rings (SSSR count). The molecule has 17 heavy (non-hydrogen) atoms. The second kappa shape index (κ2) is 4.86. The van der Waals surface area contributed by atoms with Crippen molar-refractivity contribution < 1.29 is 22.8 Å². The zero-order valence-corrected chi connectivity index (χ0v) is 8.78. The molecule has 4 nitrogen and oxygen atoms in total. The fraction of sp³-hybridized carbons (Fsp3) is 0.200. The molecule has 0 unspecified atom stereocenters. The van der Waals surface area contributed by atoms with Crippen LogP contribution in [0.2, 0.25) is 0 Å². The average Bonchev–Trinajstić information content (AvgIpc) is 2.24. The molecule has 0 aliphatic rings. The van der Waals surface area contributed by atoms with Gasteiger partial charge in [0.1, 0.15) is 0 Å². The third-order valence-corrected chi connectivity index (χ3v) is 1.77. The summed E-state index contributed by atoms with van der Waals surface area (Å²) in [6.07, 6.45) is -5.09. The van der Waals surface area contributed by atoms with Crippen LogP contribution in [0.5, 0.6) is 0 Å². The third kappa shape index (κ3) is 3.78. The number of nitrogens with zero attached hydrogens (tertiary/aromatic N) is 1. The van der Waals surface area contributed by atoms with Gasteiger partial charge in [-0.15, -0.1) is 0 Å². The highest BCUT2D eigenvalue weighted by Gasteiger charge is 2.41. The van der Waals surface area contributed by atoms with E-state index in [1.807, 2.05) is 0 Å². The molecule has 0 saturated carbocycles. The lowest BCUT2D eigenvalue weighted by Gasteiger charge is -2.03. The predicted octanol–water partition coefficient (Wildman–Crippen LogP) is 1.72. The van der Waals surface area contributed by atoms with Crippen molar-refractivity contribution in [2.45, 2.75) is 13.1 Å². The minimum absolute atomic E-state index is 0.300. The van der Waals surface area contributed by atoms with Crippen molar-refractivity contribution in [3.63, 3.8) is 0 Å². The molecular formula is C10H9F3N2O2. The van der Waals surface area contributed by atoms with Crippen LogP contribution in [0.1, 0.15) is 11.1 Å². The Labute approximate surface area is 94.9 Å². The van der Waals surface area contributed by atoms with Crippen molar-refractivity contribution in [1.29, 1.82) is 0 Å². The number of carbonyl (C=O) groups excluding carboxylic acids is 1. The van der Waals surface area contributed by atoms with Crippen LogP contribution in [0.15, 0.2) is 29.4 Å². The first-order valence-electron chi connectivity index (χ1n) is 4.49. The number of carbonyl (C=O) groups is 1. The fourth-order valence-corrected chi connectivity index (χ4v) is 0.999. The molecule has 2 N–H and O–H groups in total. The number of amidine groups is 1. The topological polar surface area (TPSA) is 64.7 Å². The number of aryl methyl sites for hydroxylation is 1. The Bertz CT molecular complexity index is 455. The number of alkyl halides is 3. The largest absolute Gasteiger partial charge is 0.493 e. The molecule has 0 aromatic heterocycles. The van der Waals surface area contributed by atoms with Gasteiger partial charge in [0.05, 0.1) is 0 Å². The Morgan fingerprint density at radius 3 is 2.59 bits per heavy atom. The smallest absolute Gasteiger partial charge is 0.380 e. The second-order valence-electron chi connectivity index (χ2n) is 3.22. The molecule has 0 radical (unpaired) electrons. The van der Waals surface area contributed by atoms with Crippen LogP contribution < -0.4 is 5.73 Å². The Kier molecular flexibility index (Phi) is 3.72. The highest BCUT2D eigenvalue weighted by Crippen LogP contribution is 2.16. The molecule has 0 spiro atoms. The molecule has 0 bridgehead atoms. The highest BCUT2D eigenvalue weighted by atomic mass is 19.4. The van der Waals surface area contributed by atoms with Gasteiger partial charge in [-0.25, -0.2) is 4.79 Å². The maximum Gasteiger partial charge on any atom is 0.493 e. The number of halogens is 3. The molecule has 0 saturated heterocycles. The Hall–Kier alpha value is -2.05. The first-order valence-corrected chi connectivity index (χ1v) is 4.49. The SMILES string of the molecule is Cc1cccc(/C(N)=N/OC(=O)C(F)(F)F)c1. The monoisotopic (exact) mass is 246 g/mol. The molecule has 0 heterocycles. The van der Waals surface area contributed by atoms with E-state index in [0.29, 0.717) is 5.56 Å². The van der Waals surface area contributed by atoms with Crippen molar-refractivity contribution in [2.75, 3.05) is 0 Å². The van der Waals surface area contributed by atoms with E-state index in [1.54, 1.807) is 25.1 Å². The molecule has 0 aliphatic carbocycles. The van der Waals surface area contributed by atoms with Gasteiger partial charge in [0.15, 0.2) is 5.84 Å². The van der Waals surface area contributed by atoms with Gasteiger partial charge in [-0.3, -0.25) is 0 Å². The number of benzene rings is 1. The van der Waals surface area contributed by atoms with Crippen LogP contribution in [-0.4, -0.2) is 18.0 Å². The van der Waals surface area contributed by atoms with Crippen molar-refractivity contribution >= 4 is 11.8 Å². The van der Waals surface area contributed by atoms with Crippen LogP contribution in [-0.2, 0) is 9.63 Å². The van der Waals surface area contributed by atoms with E-state index < -0.39 is 12.1 Å². The number of nitrogens with two attached hydrogens (primary N) is 1. The minimum Gasteiger partial charge on any atom is -0.380 e. The number of rotatable bonds is 2. The molecule has 0 amide bonds. The quantitative estimate of drug-likeness (QED) is 0.374. The molecule has 0 aliphatic heterocycles. The summed E-state index contributed by atoms with van der Waals surface area (Å²) in [5, 5.41) is 2.93. The van der Waals surface area contributed by atoms with Crippen LogP contribution in [0, 0.1) is 6.92 Å². The molecule has 1 aromatic carbocycles. The van der Waals surface area contributed by atoms with Gasteiger partial charge < -0.3 is 10.6 Å². The highest BCUT2D eigenvalue weighted by molar-refractivity contribution is 5.97. The van der Waals surface area contributed by atoms with Crippen molar-refractivity contribution in [2.24, 2.45) is 10.9 Å². The van der Waals surface area contributed by atoms with Gasteiger partial charge in [-0.1, -0.05) is 28.9 Å². The molecule has 1 aromatic rings. The number of hydrogen-bond acceptors (Lipinski definition) is 3. The standard InChI is InChI=1S/C10H9F3N2O2/c1-6-3-2-4-7(5-6)8(14)15-17-9(16)10(11,12)13/h2-5H,1H3,(H2,14,15). The lowest BCUT2D eigenvalue weighted by molar-refractivity contribution is -0.199. The van der Waals surface area contributed by atoms with Gasteiger partial charge in [0, 0.05) is 5.56 Å². The first kappa shape index (κ1) is 13.0. The van der Waals surface area contributed by atoms with E-state index in [-0.39, 0.29) is 5.84 Å². The summed E-state index contributed by atoms with van der Waals surface area (Å²) in [7, 11) is 0. The molecular weight excluding hydrogens is 237 g/mol. The lowest BCUT2D eigenvalue weighted by Crippen LogP contribution is -2.25. The van der Waals surface area contributed by atoms with E-state index in [1.165, 1.54) is 6.07 Å². The van der Waals surface area contributed by atoms with Crippen LogP contribution in [0.3, 0.4) is 0 Å². The van der Waals surface area contributed by atoms with Crippen molar-refractivity contribution in [3.05, 3.63) is 35.4 Å². The number of oxime groups is 1. The Morgan fingerprint density at radius 1 is 1.41 bits per heavy atom. The second-order valence-corrected chi connectivity index (χ2v) is 3.22. The molecule has 0 fully saturated rings. The lowest BCUT2D eigenvalue weighted by atomic mass is 10.1. The normalized spacial score (nSPS) is 12.4. The van der Waals surface area contributed by atoms with Gasteiger partial charge in [0.2, 0.25) is 0 Å². The summed E-state index contributed by atoms with van der Waals surface area (Å²) >= 11 is 0. The Balaban J connectivity index is 2.77. The zero-order valence-electron chi connectivity index (χ0n) is 8.78. The molecule has 7 heteroatoms. The van der Waals surface area contributed by atoms with E-state index >= 15 is 0 Å². The summed E-state index contributed by atoms with van der Waals surface area (Å²) in [6, 6.07) is 6.56. The fourth-order valence-electron chi connectivity index (χ4n) is 0.999. The summed E-state index contributed by atoms with van der Waals surface area (Å²) < 4.78 is 35.3. The maximum atomic E-state index is 11.8. The van der Waals surface area contributed by atoms with Crippen LogP contribution >= 0.6 is 0 Å². The van der Waals surface area contributed by atoms with Crippen molar-refractivity contribution in [3.8, 4) is 0 Å². The predicted molar refractivity (Wildman–Crippen MR) is 54.1 cm³/mol. The zero-order chi connectivity index (χ0) is 13.1. The first-order chi connectivity index (χ1) is 7.80. The molecule has 0 atom stereocenters. The minimum atomic E-state index is -5.09. The summed E-state index contributed by atoms with van der Waals surface area (Å²) in [5.41, 5.74) is 6.59. The average molecular weight is 246 g/mol. The van der Waals surface area contributed by atoms with Crippen LogP contribution in [0.4, 0.5) is 13.2 Å². The Morgan fingerprint density at radius 2 is 2.06 bits per heavy atom. The maximum absolute atomic E-state index is 11.8. The van der Waals surface area contributed by atoms with E-state index in [0.717, 1.165) is 5.56 Å². The van der Waals surface area contributed by atoms with Crippen molar-refractivity contribution in [1.82, 2.24) is 0 Å². The summed E-state index contributed by atoms with van der Waals surface area (Å²) in [6.45, 7) is 1.78. The third-order valence-electron chi connectivity index (χ3n) is 1.77. The van der Waals surface area contributed by atoms with E-state index in [2.05, 4.69) is 9.99 Å². The number of hydrogen-bond donors (Lipinski definition) is 1. The van der Waals surface area contributed by atoms with E-state index in [9.17, 15) is 18.0 Å². The van der Waals surface area contributed by atoms with Gasteiger partial charge >= 0.3 is 12.1 Å². The van der Waals surface area contributed by atoms with Gasteiger partial charge in [0.25, 0.3) is 0 Å². The summed E-state index contributed by atoms with van der Waals surface area (Å²) in [4.78, 5) is 14.0.